The molecule has 1 fully saturated rings. The Bertz CT molecular complexity index is 427. The van der Waals surface area contributed by atoms with Gasteiger partial charge in [0, 0.05) is 24.1 Å². The lowest BCUT2D eigenvalue weighted by atomic mass is 10.1. The summed E-state index contributed by atoms with van der Waals surface area (Å²) >= 11 is 0. The summed E-state index contributed by atoms with van der Waals surface area (Å²) in [6, 6.07) is 9.23. The van der Waals surface area contributed by atoms with Gasteiger partial charge in [-0.3, -0.25) is 9.59 Å². The zero-order chi connectivity index (χ0) is 13.0. The number of hydrogen-bond donors (Lipinski definition) is 2. The first-order valence-electron chi connectivity index (χ1n) is 6.30. The van der Waals surface area contributed by atoms with E-state index in [9.17, 15) is 9.59 Å². The van der Waals surface area contributed by atoms with Crippen LogP contribution < -0.4 is 10.6 Å². The molecule has 0 spiro atoms. The zero-order valence-corrected chi connectivity index (χ0v) is 10.5. The second kappa shape index (κ2) is 5.67. The Morgan fingerprint density at radius 1 is 1.28 bits per heavy atom. The number of benzene rings is 1. The zero-order valence-electron chi connectivity index (χ0n) is 10.5. The Morgan fingerprint density at radius 3 is 2.56 bits per heavy atom. The molecule has 0 aromatic heterocycles. The summed E-state index contributed by atoms with van der Waals surface area (Å²) in [7, 11) is 0. The maximum atomic E-state index is 11.8. The Hall–Kier alpha value is -1.84. The van der Waals surface area contributed by atoms with E-state index in [0.29, 0.717) is 18.0 Å². The molecule has 2 N–H and O–H groups in total. The molecule has 0 bridgehead atoms. The van der Waals surface area contributed by atoms with Gasteiger partial charge in [-0.15, -0.1) is 0 Å². The first-order valence-corrected chi connectivity index (χ1v) is 6.30. The lowest BCUT2D eigenvalue weighted by molar-refractivity contribution is -0.121. The molecule has 1 saturated carbocycles. The van der Waals surface area contributed by atoms with Crippen molar-refractivity contribution >= 4 is 11.8 Å². The molecule has 0 saturated heterocycles. The Labute approximate surface area is 107 Å². The van der Waals surface area contributed by atoms with Crippen molar-refractivity contribution in [1.29, 1.82) is 0 Å². The fourth-order valence-electron chi connectivity index (χ4n) is 1.74. The third-order valence-corrected chi connectivity index (χ3v) is 2.85. The van der Waals surface area contributed by atoms with Crippen molar-refractivity contribution in [2.45, 2.75) is 38.3 Å². The van der Waals surface area contributed by atoms with E-state index < -0.39 is 0 Å². The number of amides is 2. The fourth-order valence-corrected chi connectivity index (χ4v) is 1.74. The molecule has 96 valence electrons. The third kappa shape index (κ3) is 3.87. The highest BCUT2D eigenvalue weighted by molar-refractivity contribution is 5.94. The molecular weight excluding hydrogens is 228 g/mol. The van der Waals surface area contributed by atoms with Gasteiger partial charge in [-0.2, -0.15) is 0 Å². The van der Waals surface area contributed by atoms with Crippen LogP contribution in [0.5, 0.6) is 0 Å². The van der Waals surface area contributed by atoms with Crippen molar-refractivity contribution in [2.24, 2.45) is 0 Å². The molecule has 0 heterocycles. The molecule has 0 aliphatic heterocycles. The first-order chi connectivity index (χ1) is 8.65. The van der Waals surface area contributed by atoms with Crippen LogP contribution in [0.2, 0.25) is 0 Å². The van der Waals surface area contributed by atoms with Gasteiger partial charge in [0.15, 0.2) is 0 Å². The predicted molar refractivity (Wildman–Crippen MR) is 69.2 cm³/mol. The van der Waals surface area contributed by atoms with Crippen LogP contribution >= 0.6 is 0 Å². The van der Waals surface area contributed by atoms with Crippen LogP contribution in [-0.4, -0.2) is 23.9 Å². The van der Waals surface area contributed by atoms with E-state index >= 15 is 0 Å². The molecule has 2 rings (SSSR count). The molecule has 18 heavy (non-hydrogen) atoms. The van der Waals surface area contributed by atoms with E-state index in [1.54, 1.807) is 12.1 Å². The fraction of sp³-hybridized carbons (Fsp3) is 0.429. The number of hydrogen-bond acceptors (Lipinski definition) is 2. The third-order valence-electron chi connectivity index (χ3n) is 2.85. The molecule has 1 atom stereocenters. The van der Waals surface area contributed by atoms with Crippen LogP contribution in [0, 0.1) is 0 Å². The summed E-state index contributed by atoms with van der Waals surface area (Å²) < 4.78 is 0. The molecule has 4 nitrogen and oxygen atoms in total. The van der Waals surface area contributed by atoms with Crippen LogP contribution in [-0.2, 0) is 4.79 Å². The molecule has 0 unspecified atom stereocenters. The van der Waals surface area contributed by atoms with E-state index in [2.05, 4.69) is 10.6 Å². The van der Waals surface area contributed by atoms with Crippen molar-refractivity contribution in [3.05, 3.63) is 35.9 Å². The van der Waals surface area contributed by atoms with E-state index in [1.165, 1.54) is 0 Å². The average Bonchev–Trinajstić information content (AvgIpc) is 3.13. The van der Waals surface area contributed by atoms with Crippen LogP contribution in [0.25, 0.3) is 0 Å². The highest BCUT2D eigenvalue weighted by Gasteiger charge is 2.24. The summed E-state index contributed by atoms with van der Waals surface area (Å²) in [5, 5.41) is 5.73. The first kappa shape index (κ1) is 12.6. The van der Waals surface area contributed by atoms with E-state index in [0.717, 1.165) is 12.8 Å². The van der Waals surface area contributed by atoms with Crippen molar-refractivity contribution in [1.82, 2.24) is 10.6 Å². The molecular formula is C14H18N2O2. The second-order valence-corrected chi connectivity index (χ2v) is 4.79. The van der Waals surface area contributed by atoms with E-state index in [1.807, 2.05) is 25.1 Å². The minimum Gasteiger partial charge on any atom is -0.353 e. The number of carbonyl (C=O) groups excluding carboxylic acids is 2. The quantitative estimate of drug-likeness (QED) is 0.826. The van der Waals surface area contributed by atoms with Gasteiger partial charge in [0.05, 0.1) is 0 Å². The minimum atomic E-state index is -0.156. The molecule has 0 radical (unpaired) electrons. The predicted octanol–water partition coefficient (Wildman–Crippen LogP) is 1.47. The average molecular weight is 246 g/mol. The molecule has 4 heteroatoms. The van der Waals surface area contributed by atoms with Crippen molar-refractivity contribution in [3.63, 3.8) is 0 Å². The number of nitrogens with one attached hydrogen (secondary N) is 2. The van der Waals surface area contributed by atoms with Gasteiger partial charge in [0.2, 0.25) is 5.91 Å². The van der Waals surface area contributed by atoms with Gasteiger partial charge in [-0.1, -0.05) is 18.2 Å². The number of rotatable bonds is 5. The van der Waals surface area contributed by atoms with E-state index in [-0.39, 0.29) is 17.9 Å². The van der Waals surface area contributed by atoms with Gasteiger partial charge >= 0.3 is 0 Å². The normalized spacial score (nSPS) is 15.8. The Morgan fingerprint density at radius 2 is 1.94 bits per heavy atom. The summed E-state index contributed by atoms with van der Waals surface area (Å²) in [6.45, 7) is 1.84. The Kier molecular flexibility index (Phi) is 3.97. The maximum absolute atomic E-state index is 11.8. The van der Waals surface area contributed by atoms with Crippen LogP contribution in [0.15, 0.2) is 30.3 Å². The molecule has 1 aliphatic rings. The van der Waals surface area contributed by atoms with Gasteiger partial charge in [-0.25, -0.2) is 0 Å². The second-order valence-electron chi connectivity index (χ2n) is 4.79. The minimum absolute atomic E-state index is 0.0124. The van der Waals surface area contributed by atoms with Gasteiger partial charge in [0.25, 0.3) is 5.91 Å². The van der Waals surface area contributed by atoms with Crippen LogP contribution in [0.1, 0.15) is 36.5 Å². The SMILES string of the molecule is C[C@@H](CC(=O)NC1CC1)NC(=O)c1ccccc1. The molecule has 1 aromatic carbocycles. The summed E-state index contributed by atoms with van der Waals surface area (Å²) in [5.41, 5.74) is 0.618. The van der Waals surface area contributed by atoms with Gasteiger partial charge in [0.1, 0.15) is 0 Å². The van der Waals surface area contributed by atoms with Gasteiger partial charge < -0.3 is 10.6 Å². The van der Waals surface area contributed by atoms with Crippen molar-refractivity contribution < 1.29 is 9.59 Å². The standard InChI is InChI=1S/C14H18N2O2/c1-10(9-13(17)16-12-7-8-12)15-14(18)11-5-3-2-4-6-11/h2-6,10,12H,7-9H2,1H3,(H,15,18)(H,16,17)/t10-/m0/s1. The van der Waals surface area contributed by atoms with Crippen molar-refractivity contribution in [3.8, 4) is 0 Å². The van der Waals surface area contributed by atoms with Gasteiger partial charge in [-0.05, 0) is 31.9 Å². The topological polar surface area (TPSA) is 58.2 Å². The number of carbonyl (C=O) groups is 2. The Balaban J connectivity index is 1.77. The monoisotopic (exact) mass is 246 g/mol. The maximum Gasteiger partial charge on any atom is 0.251 e. The highest BCUT2D eigenvalue weighted by atomic mass is 16.2. The van der Waals surface area contributed by atoms with Crippen LogP contribution in [0.4, 0.5) is 0 Å². The van der Waals surface area contributed by atoms with E-state index in [4.69, 9.17) is 0 Å². The highest BCUT2D eigenvalue weighted by Crippen LogP contribution is 2.18. The lowest BCUT2D eigenvalue weighted by Gasteiger charge is -2.13. The largest absolute Gasteiger partial charge is 0.353 e. The van der Waals surface area contributed by atoms with Crippen LogP contribution in [0.3, 0.4) is 0 Å². The summed E-state index contributed by atoms with van der Waals surface area (Å²) in [4.78, 5) is 23.4. The molecule has 2 amide bonds. The summed E-state index contributed by atoms with van der Waals surface area (Å²) in [6.07, 6.45) is 2.49. The molecule has 1 aromatic rings. The molecule has 1 aliphatic carbocycles. The van der Waals surface area contributed by atoms with Crippen molar-refractivity contribution in [2.75, 3.05) is 0 Å². The summed E-state index contributed by atoms with van der Waals surface area (Å²) in [5.74, 6) is -0.124. The lowest BCUT2D eigenvalue weighted by Crippen LogP contribution is -2.37. The smallest absolute Gasteiger partial charge is 0.251 e.